The predicted molar refractivity (Wildman–Crippen MR) is 103 cm³/mol. The Morgan fingerprint density at radius 3 is 1.92 bits per heavy atom. The fourth-order valence-corrected chi connectivity index (χ4v) is 2.67. The maximum Gasteiger partial charge on any atom is 0.261 e. The second-order valence-electron chi connectivity index (χ2n) is 6.57. The second-order valence-corrected chi connectivity index (χ2v) is 8.04. The molecule has 0 spiro atoms. The van der Waals surface area contributed by atoms with E-state index in [1.165, 1.54) is 82.7 Å². The van der Waals surface area contributed by atoms with Gasteiger partial charge in [0.15, 0.2) is 0 Å². The van der Waals surface area contributed by atoms with Gasteiger partial charge >= 0.3 is 0 Å². The summed E-state index contributed by atoms with van der Waals surface area (Å²) in [4.78, 5) is 0. The van der Waals surface area contributed by atoms with Crippen LogP contribution in [-0.4, -0.2) is 23.8 Å². The molecule has 0 amide bonds. The van der Waals surface area contributed by atoms with Gasteiger partial charge in [0.05, 0.1) is 6.26 Å². The lowest BCUT2D eigenvalue weighted by Crippen LogP contribution is -1.94. The maximum absolute atomic E-state index is 9.19. The Morgan fingerprint density at radius 1 is 0.917 bits per heavy atom. The number of hydrogen-bond donors (Lipinski definition) is 1. The van der Waals surface area contributed by atoms with Crippen LogP contribution in [0.3, 0.4) is 0 Å². The minimum absolute atomic E-state index is 0.715. The fourth-order valence-electron chi connectivity index (χ4n) is 2.67. The van der Waals surface area contributed by atoms with Gasteiger partial charge in [0.25, 0.3) is 10.1 Å². The summed E-state index contributed by atoms with van der Waals surface area (Å²) >= 11 is 0. The van der Waals surface area contributed by atoms with Crippen LogP contribution >= 0.6 is 0 Å². The van der Waals surface area contributed by atoms with Crippen LogP contribution < -0.4 is 0 Å². The molecule has 1 N–H and O–H groups in total. The third-order valence-electron chi connectivity index (χ3n) is 3.87. The molecule has 0 radical (unpaired) electrons. The first-order chi connectivity index (χ1) is 11.4. The standard InChI is InChI=1S/C18H33N.CH4O3S/c1-3-5-6-7-8-9-10-11-12-15-19-16-14-18(17-19)13-4-2;1-5(2,3)4/h14,16-17H,3-13,15H2,1-2H3;1H3,(H,2,3,4). The summed E-state index contributed by atoms with van der Waals surface area (Å²) in [6.45, 7) is 5.74. The Balaban J connectivity index is 0.000000922. The highest BCUT2D eigenvalue weighted by molar-refractivity contribution is 7.85. The van der Waals surface area contributed by atoms with Gasteiger partial charge < -0.3 is 4.57 Å². The van der Waals surface area contributed by atoms with E-state index < -0.39 is 10.1 Å². The van der Waals surface area contributed by atoms with E-state index in [9.17, 15) is 8.42 Å². The van der Waals surface area contributed by atoms with Gasteiger partial charge in [0.1, 0.15) is 0 Å². The van der Waals surface area contributed by atoms with Crippen molar-refractivity contribution in [3.05, 3.63) is 24.0 Å². The first-order valence-corrected chi connectivity index (χ1v) is 11.3. The van der Waals surface area contributed by atoms with Gasteiger partial charge in [-0.2, -0.15) is 8.42 Å². The van der Waals surface area contributed by atoms with Crippen molar-refractivity contribution in [1.82, 2.24) is 4.57 Å². The Morgan fingerprint density at radius 2 is 1.42 bits per heavy atom. The number of aromatic nitrogens is 1. The molecule has 24 heavy (non-hydrogen) atoms. The molecule has 0 aliphatic heterocycles. The SMILES string of the molecule is CCCCCCCCCCCn1ccc(CCC)c1.CS(=O)(=O)O. The van der Waals surface area contributed by atoms with Gasteiger partial charge in [-0.15, -0.1) is 0 Å². The molecule has 0 unspecified atom stereocenters. The summed E-state index contributed by atoms with van der Waals surface area (Å²) in [5.41, 5.74) is 1.50. The molecular formula is C19H37NO3S. The highest BCUT2D eigenvalue weighted by atomic mass is 32.2. The van der Waals surface area contributed by atoms with E-state index >= 15 is 0 Å². The summed E-state index contributed by atoms with van der Waals surface area (Å²) in [6, 6.07) is 2.28. The van der Waals surface area contributed by atoms with Crippen LogP contribution in [0.25, 0.3) is 0 Å². The molecule has 5 heteroatoms. The molecule has 0 atom stereocenters. The minimum atomic E-state index is -3.67. The Bertz CT molecular complexity index is 486. The van der Waals surface area contributed by atoms with Crippen LogP contribution in [0.4, 0.5) is 0 Å². The third-order valence-corrected chi connectivity index (χ3v) is 3.87. The lowest BCUT2D eigenvalue weighted by molar-refractivity contribution is 0.490. The monoisotopic (exact) mass is 359 g/mol. The van der Waals surface area contributed by atoms with E-state index in [1.807, 2.05) is 0 Å². The van der Waals surface area contributed by atoms with Crippen molar-refractivity contribution in [2.75, 3.05) is 6.26 Å². The normalized spacial score (nSPS) is 11.2. The lowest BCUT2D eigenvalue weighted by atomic mass is 10.1. The van der Waals surface area contributed by atoms with Crippen LogP contribution in [0.2, 0.25) is 0 Å². The van der Waals surface area contributed by atoms with Crippen molar-refractivity contribution in [2.45, 2.75) is 91.0 Å². The van der Waals surface area contributed by atoms with E-state index in [0.717, 1.165) is 0 Å². The van der Waals surface area contributed by atoms with Crippen molar-refractivity contribution in [1.29, 1.82) is 0 Å². The third kappa shape index (κ3) is 17.5. The number of rotatable bonds is 12. The Hall–Kier alpha value is -0.810. The molecular weight excluding hydrogens is 322 g/mol. The van der Waals surface area contributed by atoms with Gasteiger partial charge in [-0.1, -0.05) is 71.6 Å². The quantitative estimate of drug-likeness (QED) is 0.397. The minimum Gasteiger partial charge on any atom is -0.354 e. The summed E-state index contributed by atoms with van der Waals surface area (Å²) in [6.07, 6.45) is 20.5. The highest BCUT2D eigenvalue weighted by Crippen LogP contribution is 2.11. The average molecular weight is 360 g/mol. The van der Waals surface area contributed by atoms with Gasteiger partial charge in [-0.05, 0) is 24.5 Å². The van der Waals surface area contributed by atoms with Crippen molar-refractivity contribution >= 4 is 10.1 Å². The van der Waals surface area contributed by atoms with Crippen LogP contribution in [-0.2, 0) is 23.1 Å². The van der Waals surface area contributed by atoms with E-state index in [4.69, 9.17) is 4.55 Å². The summed E-state index contributed by atoms with van der Waals surface area (Å²) < 4.78 is 28.2. The number of aryl methyl sites for hydroxylation is 2. The zero-order chi connectivity index (χ0) is 18.3. The zero-order valence-corrected chi connectivity index (χ0v) is 16.7. The van der Waals surface area contributed by atoms with Crippen LogP contribution in [0.1, 0.15) is 83.6 Å². The van der Waals surface area contributed by atoms with Crippen LogP contribution in [0, 0.1) is 0 Å². The van der Waals surface area contributed by atoms with Crippen molar-refractivity contribution < 1.29 is 13.0 Å². The molecule has 0 saturated heterocycles. The molecule has 1 aromatic heterocycles. The van der Waals surface area contributed by atoms with Crippen LogP contribution in [0.5, 0.6) is 0 Å². The molecule has 142 valence electrons. The molecule has 0 saturated carbocycles. The van der Waals surface area contributed by atoms with E-state index in [1.54, 1.807) is 0 Å². The lowest BCUT2D eigenvalue weighted by Gasteiger charge is -2.03. The molecule has 4 nitrogen and oxygen atoms in total. The molecule has 0 bridgehead atoms. The van der Waals surface area contributed by atoms with Gasteiger partial charge in [0, 0.05) is 18.9 Å². The highest BCUT2D eigenvalue weighted by Gasteiger charge is 1.96. The molecule has 1 heterocycles. The maximum atomic E-state index is 9.19. The number of hydrogen-bond acceptors (Lipinski definition) is 2. The fraction of sp³-hybridized carbons (Fsp3) is 0.789. The molecule has 0 fully saturated rings. The molecule has 1 rings (SSSR count). The van der Waals surface area contributed by atoms with Crippen molar-refractivity contribution in [2.24, 2.45) is 0 Å². The van der Waals surface area contributed by atoms with Gasteiger partial charge in [0.2, 0.25) is 0 Å². The first-order valence-electron chi connectivity index (χ1n) is 9.44. The first kappa shape index (κ1) is 23.2. The number of nitrogens with zero attached hydrogens (tertiary/aromatic N) is 1. The topological polar surface area (TPSA) is 59.3 Å². The second kappa shape index (κ2) is 14.5. The number of unbranched alkanes of at least 4 members (excludes halogenated alkanes) is 8. The van der Waals surface area contributed by atoms with E-state index in [0.29, 0.717) is 6.26 Å². The smallest absolute Gasteiger partial charge is 0.261 e. The van der Waals surface area contributed by atoms with Gasteiger partial charge in [-0.25, -0.2) is 0 Å². The largest absolute Gasteiger partial charge is 0.354 e. The van der Waals surface area contributed by atoms with E-state index in [2.05, 4.69) is 36.9 Å². The summed E-state index contributed by atoms with van der Waals surface area (Å²) in [5, 5.41) is 0. The molecule has 0 aliphatic rings. The zero-order valence-electron chi connectivity index (χ0n) is 15.8. The van der Waals surface area contributed by atoms with Crippen molar-refractivity contribution in [3.63, 3.8) is 0 Å². The van der Waals surface area contributed by atoms with Crippen molar-refractivity contribution in [3.8, 4) is 0 Å². The Labute approximate surface area is 149 Å². The van der Waals surface area contributed by atoms with E-state index in [-0.39, 0.29) is 0 Å². The molecule has 1 aromatic rings. The summed E-state index contributed by atoms with van der Waals surface area (Å²) in [7, 11) is -3.67. The molecule has 0 aliphatic carbocycles. The molecule has 0 aromatic carbocycles. The predicted octanol–water partition coefficient (Wildman–Crippen LogP) is 5.48. The average Bonchev–Trinajstić information content (AvgIpc) is 2.92. The Kier molecular flexibility index (Phi) is 14.0. The van der Waals surface area contributed by atoms with Gasteiger partial charge in [-0.3, -0.25) is 4.55 Å². The van der Waals surface area contributed by atoms with Crippen LogP contribution in [0.15, 0.2) is 18.5 Å². The summed E-state index contributed by atoms with van der Waals surface area (Å²) in [5.74, 6) is 0.